The quantitative estimate of drug-likeness (QED) is 0.850. The molecule has 0 atom stereocenters. The van der Waals surface area contributed by atoms with Crippen molar-refractivity contribution in [2.24, 2.45) is 0 Å². The molecule has 4 heteroatoms. The van der Waals surface area contributed by atoms with Crippen molar-refractivity contribution >= 4 is 0 Å². The molecule has 2 aromatic carbocycles. The lowest BCUT2D eigenvalue weighted by Gasteiger charge is -2.09. The SMILES string of the molecule is OCCC#Cc1ccc(F)cc1OCc1cccc(O)c1. The molecule has 21 heavy (non-hydrogen) atoms. The maximum Gasteiger partial charge on any atom is 0.138 e. The second-order valence-corrected chi connectivity index (χ2v) is 4.37. The van der Waals surface area contributed by atoms with Gasteiger partial charge >= 0.3 is 0 Å². The van der Waals surface area contributed by atoms with Crippen LogP contribution < -0.4 is 4.74 Å². The number of phenols is 1. The average Bonchev–Trinajstić information content (AvgIpc) is 2.47. The number of hydrogen-bond donors (Lipinski definition) is 2. The Labute approximate surface area is 122 Å². The summed E-state index contributed by atoms with van der Waals surface area (Å²) in [5, 5.41) is 18.1. The van der Waals surface area contributed by atoms with Crippen molar-refractivity contribution in [2.75, 3.05) is 6.61 Å². The number of aliphatic hydroxyl groups is 1. The third kappa shape index (κ3) is 4.51. The van der Waals surface area contributed by atoms with Gasteiger partial charge in [-0.2, -0.15) is 0 Å². The van der Waals surface area contributed by atoms with Crippen LogP contribution in [0.25, 0.3) is 0 Å². The van der Waals surface area contributed by atoms with Crippen molar-refractivity contribution < 1.29 is 19.3 Å². The van der Waals surface area contributed by atoms with Gasteiger partial charge in [0.2, 0.25) is 0 Å². The Bertz CT molecular complexity index is 671. The molecule has 0 saturated heterocycles. The van der Waals surface area contributed by atoms with Gasteiger partial charge in [0.1, 0.15) is 23.9 Å². The van der Waals surface area contributed by atoms with E-state index < -0.39 is 5.82 Å². The van der Waals surface area contributed by atoms with E-state index in [1.807, 2.05) is 0 Å². The molecular weight excluding hydrogens is 271 g/mol. The van der Waals surface area contributed by atoms with Gasteiger partial charge in [0, 0.05) is 12.5 Å². The first-order valence-corrected chi connectivity index (χ1v) is 6.49. The molecule has 108 valence electrons. The number of benzene rings is 2. The van der Waals surface area contributed by atoms with E-state index in [0.717, 1.165) is 5.56 Å². The lowest BCUT2D eigenvalue weighted by Crippen LogP contribution is -1.98. The molecule has 3 nitrogen and oxygen atoms in total. The topological polar surface area (TPSA) is 49.7 Å². The molecule has 0 saturated carbocycles. The van der Waals surface area contributed by atoms with Gasteiger partial charge in [-0.05, 0) is 29.8 Å². The summed E-state index contributed by atoms with van der Waals surface area (Å²) in [6.07, 6.45) is 0.351. The van der Waals surface area contributed by atoms with Crippen molar-refractivity contribution in [2.45, 2.75) is 13.0 Å². The zero-order valence-electron chi connectivity index (χ0n) is 11.3. The van der Waals surface area contributed by atoms with Crippen LogP contribution in [0.5, 0.6) is 11.5 Å². The molecule has 2 rings (SSSR count). The highest BCUT2D eigenvalue weighted by Crippen LogP contribution is 2.21. The van der Waals surface area contributed by atoms with Crippen LogP contribution in [0.2, 0.25) is 0 Å². The van der Waals surface area contributed by atoms with E-state index in [1.54, 1.807) is 24.3 Å². The van der Waals surface area contributed by atoms with E-state index in [2.05, 4.69) is 11.8 Å². The molecule has 0 heterocycles. The Kier molecular flexibility index (Phi) is 5.19. The second-order valence-electron chi connectivity index (χ2n) is 4.37. The molecule has 0 fully saturated rings. The van der Waals surface area contributed by atoms with Gasteiger partial charge in [-0.3, -0.25) is 0 Å². The van der Waals surface area contributed by atoms with Gasteiger partial charge < -0.3 is 14.9 Å². The summed E-state index contributed by atoms with van der Waals surface area (Å²) < 4.78 is 18.9. The molecule has 2 N–H and O–H groups in total. The Morgan fingerprint density at radius 2 is 2.00 bits per heavy atom. The number of phenolic OH excluding ortho intramolecular Hbond substituents is 1. The molecule has 0 radical (unpaired) electrons. The highest BCUT2D eigenvalue weighted by Gasteiger charge is 2.04. The van der Waals surface area contributed by atoms with E-state index in [-0.39, 0.29) is 19.0 Å². The lowest BCUT2D eigenvalue weighted by molar-refractivity contribution is 0.302. The molecule has 0 bridgehead atoms. The fraction of sp³-hybridized carbons (Fsp3) is 0.176. The van der Waals surface area contributed by atoms with Gasteiger partial charge in [0.25, 0.3) is 0 Å². The number of aromatic hydroxyl groups is 1. The normalized spacial score (nSPS) is 9.81. The highest BCUT2D eigenvalue weighted by molar-refractivity contribution is 5.46. The molecule has 0 aliphatic heterocycles. The Balaban J connectivity index is 2.15. The average molecular weight is 286 g/mol. The number of hydrogen-bond acceptors (Lipinski definition) is 3. The fourth-order valence-corrected chi connectivity index (χ4v) is 1.74. The van der Waals surface area contributed by atoms with Crippen molar-refractivity contribution in [1.29, 1.82) is 0 Å². The van der Waals surface area contributed by atoms with Crippen molar-refractivity contribution in [1.82, 2.24) is 0 Å². The van der Waals surface area contributed by atoms with Crippen LogP contribution >= 0.6 is 0 Å². The first kappa shape index (κ1) is 14.9. The van der Waals surface area contributed by atoms with Crippen molar-refractivity contribution in [3.05, 3.63) is 59.4 Å². The summed E-state index contributed by atoms with van der Waals surface area (Å²) in [6.45, 7) is 0.181. The molecule has 0 aromatic heterocycles. The second kappa shape index (κ2) is 7.32. The van der Waals surface area contributed by atoms with Gasteiger partial charge in [-0.25, -0.2) is 4.39 Å². The largest absolute Gasteiger partial charge is 0.508 e. The van der Waals surface area contributed by atoms with E-state index in [4.69, 9.17) is 9.84 Å². The maximum atomic E-state index is 13.3. The molecule has 0 aliphatic carbocycles. The van der Waals surface area contributed by atoms with E-state index in [9.17, 15) is 9.50 Å². The third-order valence-corrected chi connectivity index (χ3v) is 2.71. The van der Waals surface area contributed by atoms with Crippen LogP contribution in [0.3, 0.4) is 0 Å². The summed E-state index contributed by atoms with van der Waals surface area (Å²) in [5.41, 5.74) is 1.33. The first-order valence-electron chi connectivity index (χ1n) is 6.49. The van der Waals surface area contributed by atoms with Gasteiger partial charge in [-0.15, -0.1) is 0 Å². The van der Waals surface area contributed by atoms with Crippen LogP contribution in [0.1, 0.15) is 17.5 Å². The Hall–Kier alpha value is -2.51. The predicted molar refractivity (Wildman–Crippen MR) is 77.4 cm³/mol. The Morgan fingerprint density at radius 3 is 2.76 bits per heavy atom. The number of halogens is 1. The fourth-order valence-electron chi connectivity index (χ4n) is 1.74. The molecule has 0 unspecified atom stereocenters. The number of aliphatic hydroxyl groups excluding tert-OH is 1. The zero-order valence-corrected chi connectivity index (χ0v) is 11.3. The molecule has 0 amide bonds. The predicted octanol–water partition coefficient (Wildman–Crippen LogP) is 2.84. The zero-order chi connectivity index (χ0) is 15.1. The standard InChI is InChI=1S/C17H15FO3/c18-15-8-7-14(5-1-2-9-19)17(11-15)21-12-13-4-3-6-16(20)10-13/h3-4,6-8,10-11,19-20H,2,9,12H2. The summed E-state index contributed by atoms with van der Waals surface area (Å²) in [4.78, 5) is 0. The summed E-state index contributed by atoms with van der Waals surface area (Å²) in [5.74, 6) is 5.69. The molecular formula is C17H15FO3. The monoisotopic (exact) mass is 286 g/mol. The van der Waals surface area contributed by atoms with E-state index in [0.29, 0.717) is 17.7 Å². The summed E-state index contributed by atoms with van der Waals surface area (Å²) >= 11 is 0. The van der Waals surface area contributed by atoms with Crippen molar-refractivity contribution in [3.8, 4) is 23.3 Å². The smallest absolute Gasteiger partial charge is 0.138 e. The first-order chi connectivity index (χ1) is 10.2. The van der Waals surface area contributed by atoms with Crippen LogP contribution in [0.15, 0.2) is 42.5 Å². The number of ether oxygens (including phenoxy) is 1. The van der Waals surface area contributed by atoms with Gasteiger partial charge in [0.05, 0.1) is 12.2 Å². The Morgan fingerprint density at radius 1 is 1.14 bits per heavy atom. The van der Waals surface area contributed by atoms with Crippen LogP contribution in [-0.4, -0.2) is 16.8 Å². The van der Waals surface area contributed by atoms with Gasteiger partial charge in [-0.1, -0.05) is 24.0 Å². The van der Waals surface area contributed by atoms with Crippen LogP contribution in [0.4, 0.5) is 4.39 Å². The minimum Gasteiger partial charge on any atom is -0.508 e. The maximum absolute atomic E-state index is 13.3. The van der Waals surface area contributed by atoms with E-state index in [1.165, 1.54) is 18.2 Å². The third-order valence-electron chi connectivity index (χ3n) is 2.71. The minimum atomic E-state index is -0.409. The summed E-state index contributed by atoms with van der Waals surface area (Å²) in [6, 6.07) is 10.8. The number of rotatable bonds is 4. The van der Waals surface area contributed by atoms with Crippen LogP contribution in [-0.2, 0) is 6.61 Å². The molecule has 0 aliphatic rings. The van der Waals surface area contributed by atoms with Crippen LogP contribution in [0, 0.1) is 17.7 Å². The van der Waals surface area contributed by atoms with Crippen molar-refractivity contribution in [3.63, 3.8) is 0 Å². The van der Waals surface area contributed by atoms with Gasteiger partial charge in [0.15, 0.2) is 0 Å². The highest BCUT2D eigenvalue weighted by atomic mass is 19.1. The van der Waals surface area contributed by atoms with E-state index >= 15 is 0 Å². The minimum absolute atomic E-state index is 0.0202. The molecule has 0 spiro atoms. The lowest BCUT2D eigenvalue weighted by atomic mass is 10.2. The molecule has 2 aromatic rings. The summed E-state index contributed by atoms with van der Waals surface area (Å²) in [7, 11) is 0.